The first-order chi connectivity index (χ1) is 10.6. The van der Waals surface area contributed by atoms with Gasteiger partial charge < -0.3 is 9.80 Å². The second-order valence-electron chi connectivity index (χ2n) is 6.06. The van der Waals surface area contributed by atoms with Gasteiger partial charge in [-0.3, -0.25) is 9.59 Å². The van der Waals surface area contributed by atoms with E-state index >= 15 is 0 Å². The Labute approximate surface area is 140 Å². The van der Waals surface area contributed by atoms with Gasteiger partial charge in [0.25, 0.3) is 5.91 Å². The van der Waals surface area contributed by atoms with Crippen LogP contribution in [0, 0.1) is 5.92 Å². The Morgan fingerprint density at radius 1 is 1.00 bits per heavy atom. The van der Waals surface area contributed by atoms with Gasteiger partial charge in [0.1, 0.15) is 0 Å². The molecule has 120 valence electrons. The van der Waals surface area contributed by atoms with Crippen LogP contribution >= 0.6 is 22.9 Å². The summed E-state index contributed by atoms with van der Waals surface area (Å²) in [5, 5.41) is 0. The summed E-state index contributed by atoms with van der Waals surface area (Å²) in [5.41, 5.74) is 0. The number of hydrogen-bond acceptors (Lipinski definition) is 3. The third-order valence-electron chi connectivity index (χ3n) is 4.58. The van der Waals surface area contributed by atoms with Crippen LogP contribution in [-0.4, -0.2) is 47.8 Å². The summed E-state index contributed by atoms with van der Waals surface area (Å²) in [7, 11) is 0. The van der Waals surface area contributed by atoms with Gasteiger partial charge in [0.05, 0.1) is 9.21 Å². The Hall–Kier alpha value is -1.07. The molecule has 4 nitrogen and oxygen atoms in total. The molecule has 0 spiro atoms. The fraction of sp³-hybridized carbons (Fsp3) is 0.625. The number of halogens is 1. The zero-order valence-electron chi connectivity index (χ0n) is 12.6. The summed E-state index contributed by atoms with van der Waals surface area (Å²) in [4.78, 5) is 29.5. The highest BCUT2D eigenvalue weighted by molar-refractivity contribution is 7.17. The number of nitrogens with zero attached hydrogens (tertiary/aromatic N) is 2. The van der Waals surface area contributed by atoms with Crippen molar-refractivity contribution in [2.75, 3.05) is 26.2 Å². The van der Waals surface area contributed by atoms with Gasteiger partial charge in [-0.05, 0) is 31.4 Å². The highest BCUT2D eigenvalue weighted by Gasteiger charge is 2.29. The molecule has 0 radical (unpaired) electrons. The highest BCUT2D eigenvalue weighted by Crippen LogP contribution is 2.27. The molecule has 3 rings (SSSR count). The molecule has 1 aliphatic heterocycles. The molecule has 1 aromatic heterocycles. The number of hydrogen-bond donors (Lipinski definition) is 0. The van der Waals surface area contributed by atoms with Crippen LogP contribution in [0.25, 0.3) is 0 Å². The average molecular weight is 341 g/mol. The molecular formula is C16H21ClN2O2S. The van der Waals surface area contributed by atoms with E-state index in [0.29, 0.717) is 34.8 Å². The molecule has 0 N–H and O–H groups in total. The number of carbonyl (C=O) groups excluding carboxylic acids is 2. The molecule has 0 bridgehead atoms. The summed E-state index contributed by atoms with van der Waals surface area (Å²) in [6, 6.07) is 3.54. The number of rotatable bonds is 2. The largest absolute Gasteiger partial charge is 0.341 e. The van der Waals surface area contributed by atoms with Crippen LogP contribution in [0.3, 0.4) is 0 Å². The minimum atomic E-state index is 0.0343. The van der Waals surface area contributed by atoms with Gasteiger partial charge in [-0.25, -0.2) is 0 Å². The van der Waals surface area contributed by atoms with Crippen molar-refractivity contribution in [3.05, 3.63) is 21.3 Å². The molecule has 0 atom stereocenters. The van der Waals surface area contributed by atoms with E-state index in [-0.39, 0.29) is 11.8 Å². The normalized spacial score (nSPS) is 20.2. The molecule has 1 aliphatic carbocycles. The highest BCUT2D eigenvalue weighted by atomic mass is 35.5. The lowest BCUT2D eigenvalue weighted by Crippen LogP contribution is -2.39. The van der Waals surface area contributed by atoms with Crippen LogP contribution in [0.15, 0.2) is 12.1 Å². The van der Waals surface area contributed by atoms with Gasteiger partial charge >= 0.3 is 0 Å². The van der Waals surface area contributed by atoms with Crippen LogP contribution in [0.2, 0.25) is 4.34 Å². The van der Waals surface area contributed by atoms with Crippen molar-refractivity contribution in [2.24, 2.45) is 5.92 Å². The van der Waals surface area contributed by atoms with Crippen LogP contribution in [0.5, 0.6) is 0 Å². The molecule has 2 aliphatic rings. The van der Waals surface area contributed by atoms with Crippen molar-refractivity contribution < 1.29 is 9.59 Å². The molecule has 2 fully saturated rings. The van der Waals surface area contributed by atoms with Crippen molar-refractivity contribution in [3.8, 4) is 0 Å². The molecule has 1 saturated heterocycles. The minimum Gasteiger partial charge on any atom is -0.341 e. The van der Waals surface area contributed by atoms with E-state index in [4.69, 9.17) is 11.6 Å². The van der Waals surface area contributed by atoms with Crippen molar-refractivity contribution >= 4 is 34.8 Å². The van der Waals surface area contributed by atoms with Gasteiger partial charge in [-0.1, -0.05) is 24.4 Å². The molecule has 6 heteroatoms. The Morgan fingerprint density at radius 3 is 2.36 bits per heavy atom. The van der Waals surface area contributed by atoms with Gasteiger partial charge in [0.15, 0.2) is 0 Å². The zero-order chi connectivity index (χ0) is 15.5. The van der Waals surface area contributed by atoms with Crippen molar-refractivity contribution in [1.82, 2.24) is 9.80 Å². The van der Waals surface area contributed by atoms with Crippen molar-refractivity contribution in [2.45, 2.75) is 32.1 Å². The Kier molecular flexibility index (Phi) is 5.03. The average Bonchev–Trinajstić information content (AvgIpc) is 3.13. The van der Waals surface area contributed by atoms with E-state index < -0.39 is 0 Å². The number of carbonyl (C=O) groups is 2. The number of amides is 2. The summed E-state index contributed by atoms with van der Waals surface area (Å²) < 4.78 is 0.635. The quantitative estimate of drug-likeness (QED) is 0.829. The molecule has 1 aromatic rings. The van der Waals surface area contributed by atoms with Gasteiger partial charge in [0.2, 0.25) is 5.91 Å². The smallest absolute Gasteiger partial charge is 0.264 e. The van der Waals surface area contributed by atoms with E-state index in [2.05, 4.69) is 0 Å². The third kappa shape index (κ3) is 3.46. The standard InChI is InChI=1S/C16H21ClN2O2S/c17-14-7-6-13(22-14)16(21)19-9-3-8-18(10-11-19)15(20)12-4-1-2-5-12/h6-7,12H,1-5,8-11H2. The molecule has 2 amide bonds. The first-order valence-electron chi connectivity index (χ1n) is 7.98. The van der Waals surface area contributed by atoms with Crippen LogP contribution in [0.1, 0.15) is 41.8 Å². The summed E-state index contributed by atoms with van der Waals surface area (Å²) in [6.45, 7) is 2.75. The molecule has 1 saturated carbocycles. The maximum absolute atomic E-state index is 12.5. The Morgan fingerprint density at radius 2 is 1.68 bits per heavy atom. The lowest BCUT2D eigenvalue weighted by atomic mass is 10.1. The Bertz CT molecular complexity index is 554. The summed E-state index contributed by atoms with van der Waals surface area (Å²) in [5.74, 6) is 0.552. The van der Waals surface area contributed by atoms with Crippen LogP contribution < -0.4 is 0 Å². The van der Waals surface area contributed by atoms with E-state index in [0.717, 1.165) is 25.8 Å². The maximum Gasteiger partial charge on any atom is 0.264 e. The van der Waals surface area contributed by atoms with E-state index in [9.17, 15) is 9.59 Å². The molecule has 2 heterocycles. The number of thiophene rings is 1. The third-order valence-corrected chi connectivity index (χ3v) is 5.80. The van der Waals surface area contributed by atoms with Crippen molar-refractivity contribution in [3.63, 3.8) is 0 Å². The van der Waals surface area contributed by atoms with Crippen LogP contribution in [-0.2, 0) is 4.79 Å². The maximum atomic E-state index is 12.5. The lowest BCUT2D eigenvalue weighted by Gasteiger charge is -2.24. The summed E-state index contributed by atoms with van der Waals surface area (Å²) in [6.07, 6.45) is 5.27. The van der Waals surface area contributed by atoms with Gasteiger partial charge in [-0.2, -0.15) is 0 Å². The predicted octanol–water partition coefficient (Wildman–Crippen LogP) is 3.27. The lowest BCUT2D eigenvalue weighted by molar-refractivity contribution is -0.135. The predicted molar refractivity (Wildman–Crippen MR) is 88.4 cm³/mol. The monoisotopic (exact) mass is 340 g/mol. The molecule has 0 unspecified atom stereocenters. The topological polar surface area (TPSA) is 40.6 Å². The van der Waals surface area contributed by atoms with Crippen LogP contribution in [0.4, 0.5) is 0 Å². The van der Waals surface area contributed by atoms with E-state index in [1.54, 1.807) is 12.1 Å². The van der Waals surface area contributed by atoms with E-state index in [1.165, 1.54) is 24.2 Å². The van der Waals surface area contributed by atoms with Gasteiger partial charge in [-0.15, -0.1) is 11.3 Å². The zero-order valence-corrected chi connectivity index (χ0v) is 14.2. The Balaban J connectivity index is 1.59. The first-order valence-corrected chi connectivity index (χ1v) is 9.18. The molecule has 22 heavy (non-hydrogen) atoms. The SMILES string of the molecule is O=C(c1ccc(Cl)s1)N1CCCN(C(=O)C2CCCC2)CC1. The van der Waals surface area contributed by atoms with E-state index in [1.807, 2.05) is 9.80 Å². The second kappa shape index (κ2) is 7.01. The second-order valence-corrected chi connectivity index (χ2v) is 7.77. The minimum absolute atomic E-state index is 0.0343. The molecule has 0 aromatic carbocycles. The molecular weight excluding hydrogens is 320 g/mol. The first kappa shape index (κ1) is 15.8. The van der Waals surface area contributed by atoms with Gasteiger partial charge in [0, 0.05) is 32.1 Å². The summed E-state index contributed by atoms with van der Waals surface area (Å²) >= 11 is 7.23. The van der Waals surface area contributed by atoms with Crippen molar-refractivity contribution in [1.29, 1.82) is 0 Å². The fourth-order valence-corrected chi connectivity index (χ4v) is 4.37. The fourth-order valence-electron chi connectivity index (χ4n) is 3.36.